The third-order valence-electron chi connectivity index (χ3n) is 5.31. The molecule has 0 saturated heterocycles. The smallest absolute Gasteiger partial charge is 0.375 e. The first-order valence-corrected chi connectivity index (χ1v) is 9.19. The van der Waals surface area contributed by atoms with Crippen LogP contribution in [-0.4, -0.2) is 5.78 Å². The van der Waals surface area contributed by atoms with E-state index in [0.717, 1.165) is 29.2 Å². The van der Waals surface area contributed by atoms with Crippen molar-refractivity contribution in [1.29, 1.82) is 0 Å². The molecule has 1 heterocycles. The molecule has 0 saturated carbocycles. The number of ketones is 1. The van der Waals surface area contributed by atoms with Crippen molar-refractivity contribution in [2.45, 2.75) is 32.5 Å². The molecule has 0 radical (unpaired) electrons. The Hall–Kier alpha value is -2.76. The number of alkyl halides is 3. The Morgan fingerprint density at radius 3 is 2.29 bits per heavy atom. The Morgan fingerprint density at radius 1 is 1.00 bits per heavy atom. The van der Waals surface area contributed by atoms with Gasteiger partial charge in [0, 0.05) is 12.1 Å². The summed E-state index contributed by atoms with van der Waals surface area (Å²) in [7, 11) is 0. The van der Waals surface area contributed by atoms with Crippen LogP contribution in [0.15, 0.2) is 60.3 Å². The molecule has 0 aromatic heterocycles. The van der Waals surface area contributed by atoms with Gasteiger partial charge in [-0.15, -0.1) is 0 Å². The largest absolute Gasteiger partial charge is 0.416 e. The summed E-state index contributed by atoms with van der Waals surface area (Å²) in [4.78, 5) is 13.1. The van der Waals surface area contributed by atoms with E-state index in [1.807, 2.05) is 38.1 Å². The van der Waals surface area contributed by atoms with Crippen LogP contribution in [0.1, 0.15) is 37.4 Å². The lowest BCUT2D eigenvalue weighted by atomic mass is 9.72. The molecule has 2 aromatic rings. The topological polar surface area (TPSA) is 41.1 Å². The van der Waals surface area contributed by atoms with Crippen LogP contribution in [0.25, 0.3) is 0 Å². The minimum absolute atomic E-state index is 0.0696. The lowest BCUT2D eigenvalue weighted by Crippen LogP contribution is -2.36. The maximum atomic E-state index is 13.1. The number of para-hydroxylation sites is 2. The van der Waals surface area contributed by atoms with E-state index in [2.05, 4.69) is 16.7 Å². The number of carbonyl (C=O) groups excluding carboxylic acids is 1. The lowest BCUT2D eigenvalue weighted by Gasteiger charge is -2.35. The molecular weight excluding hydrogens is 365 g/mol. The number of allylic oxidation sites excluding steroid dienone is 1. The van der Waals surface area contributed by atoms with Crippen LogP contribution in [0.3, 0.4) is 0 Å². The molecule has 2 N–H and O–H groups in total. The molecule has 1 aliphatic carbocycles. The minimum atomic E-state index is -4.39. The number of nitrogens with one attached hydrogen (secondary N) is 2. The maximum Gasteiger partial charge on any atom is 0.416 e. The summed E-state index contributed by atoms with van der Waals surface area (Å²) in [5.41, 5.74) is 2.13. The van der Waals surface area contributed by atoms with Gasteiger partial charge in [0.1, 0.15) is 5.78 Å². The first kappa shape index (κ1) is 18.6. The predicted octanol–water partition coefficient (Wildman–Crippen LogP) is 5.78. The number of hydrogen-bond acceptors (Lipinski definition) is 3. The van der Waals surface area contributed by atoms with Gasteiger partial charge in [-0.1, -0.05) is 44.2 Å². The number of anilines is 2. The van der Waals surface area contributed by atoms with Crippen molar-refractivity contribution >= 4 is 17.2 Å². The maximum absolute atomic E-state index is 13.1. The van der Waals surface area contributed by atoms with E-state index >= 15 is 0 Å². The summed E-state index contributed by atoms with van der Waals surface area (Å²) in [5.74, 6) is -0.419. The van der Waals surface area contributed by atoms with Gasteiger partial charge in [0.15, 0.2) is 0 Å². The highest BCUT2D eigenvalue weighted by Crippen LogP contribution is 2.45. The fraction of sp³-hybridized carbons (Fsp3) is 0.318. The molecule has 2 aromatic carbocycles. The number of Topliss-reactive ketones (excluding diaryl/α,β-unsaturated/α-hetero) is 1. The van der Waals surface area contributed by atoms with Crippen molar-refractivity contribution in [3.05, 3.63) is 71.4 Å². The van der Waals surface area contributed by atoms with Crippen molar-refractivity contribution in [3.8, 4) is 0 Å². The Kier molecular flexibility index (Phi) is 4.25. The summed E-state index contributed by atoms with van der Waals surface area (Å²) < 4.78 is 38.9. The van der Waals surface area contributed by atoms with Gasteiger partial charge in [-0.05, 0) is 35.2 Å². The van der Waals surface area contributed by atoms with Crippen molar-refractivity contribution in [1.82, 2.24) is 0 Å². The number of benzene rings is 2. The van der Waals surface area contributed by atoms with Crippen LogP contribution >= 0.6 is 0 Å². The van der Waals surface area contributed by atoms with E-state index in [4.69, 9.17) is 0 Å². The van der Waals surface area contributed by atoms with E-state index < -0.39 is 23.7 Å². The molecule has 0 amide bonds. The average Bonchev–Trinajstić information content (AvgIpc) is 2.76. The summed E-state index contributed by atoms with van der Waals surface area (Å²) in [6.45, 7) is 4.01. The quantitative estimate of drug-likeness (QED) is 0.652. The van der Waals surface area contributed by atoms with Crippen LogP contribution in [0.2, 0.25) is 0 Å². The molecule has 2 unspecified atom stereocenters. The molecule has 0 bridgehead atoms. The molecule has 6 heteroatoms. The standard InChI is InChI=1S/C22H21F3N2O/c1-21(2)11-17-19(18(28)12-21)20(27-16-6-4-3-5-15(16)26-17)13-7-9-14(10-8-13)22(23,24)25/h3-11,19-20,26-27H,12H2,1-2H3. The van der Waals surface area contributed by atoms with Crippen LogP contribution in [-0.2, 0) is 11.0 Å². The highest BCUT2D eigenvalue weighted by molar-refractivity contribution is 5.90. The van der Waals surface area contributed by atoms with Gasteiger partial charge in [0.2, 0.25) is 0 Å². The van der Waals surface area contributed by atoms with Crippen molar-refractivity contribution < 1.29 is 18.0 Å². The Labute approximate surface area is 161 Å². The molecule has 3 nitrogen and oxygen atoms in total. The van der Waals surface area contributed by atoms with Crippen LogP contribution in [0, 0.1) is 11.3 Å². The summed E-state index contributed by atoms with van der Waals surface area (Å²) >= 11 is 0. The lowest BCUT2D eigenvalue weighted by molar-refractivity contribution is -0.137. The fourth-order valence-electron chi connectivity index (χ4n) is 4.05. The fourth-order valence-corrected chi connectivity index (χ4v) is 4.05. The molecular formula is C22H21F3N2O. The molecule has 2 aliphatic rings. The van der Waals surface area contributed by atoms with E-state index in [1.54, 1.807) is 0 Å². The van der Waals surface area contributed by atoms with Gasteiger partial charge < -0.3 is 10.6 Å². The monoisotopic (exact) mass is 386 g/mol. The normalized spacial score (nSPS) is 23.5. The zero-order valence-electron chi connectivity index (χ0n) is 15.6. The zero-order valence-corrected chi connectivity index (χ0v) is 15.6. The summed E-state index contributed by atoms with van der Waals surface area (Å²) in [6, 6.07) is 12.2. The first-order valence-electron chi connectivity index (χ1n) is 9.19. The molecule has 0 fully saturated rings. The van der Waals surface area contributed by atoms with Gasteiger partial charge in [-0.2, -0.15) is 13.2 Å². The van der Waals surface area contributed by atoms with Crippen molar-refractivity contribution in [2.24, 2.45) is 11.3 Å². The SMILES string of the molecule is CC1(C)C=C2Nc3ccccc3NC(c3ccc(C(F)(F)F)cc3)C2C(=O)C1. The highest BCUT2D eigenvalue weighted by Gasteiger charge is 2.41. The molecule has 1 aliphatic heterocycles. The van der Waals surface area contributed by atoms with Crippen LogP contribution in [0.4, 0.5) is 24.5 Å². The van der Waals surface area contributed by atoms with Crippen molar-refractivity contribution in [3.63, 3.8) is 0 Å². The first-order chi connectivity index (χ1) is 13.1. The number of carbonyl (C=O) groups is 1. The second-order valence-electron chi connectivity index (χ2n) is 8.12. The van der Waals surface area contributed by atoms with E-state index in [9.17, 15) is 18.0 Å². The molecule has 0 spiro atoms. The summed E-state index contributed by atoms with van der Waals surface area (Å²) in [5, 5.41) is 6.77. The average molecular weight is 386 g/mol. The van der Waals surface area contributed by atoms with Gasteiger partial charge >= 0.3 is 6.18 Å². The number of hydrogen-bond donors (Lipinski definition) is 2. The molecule has 146 valence electrons. The number of fused-ring (bicyclic) bond motifs is 2. The second-order valence-corrected chi connectivity index (χ2v) is 8.12. The third-order valence-corrected chi connectivity index (χ3v) is 5.31. The van der Waals surface area contributed by atoms with Crippen molar-refractivity contribution in [2.75, 3.05) is 10.6 Å². The summed E-state index contributed by atoms with van der Waals surface area (Å²) in [6.07, 6.45) is -1.93. The zero-order chi connectivity index (χ0) is 20.1. The second kappa shape index (κ2) is 6.40. The molecule has 2 atom stereocenters. The van der Waals surface area contributed by atoms with Crippen LogP contribution in [0.5, 0.6) is 0 Å². The predicted molar refractivity (Wildman–Crippen MR) is 103 cm³/mol. The third kappa shape index (κ3) is 3.39. The van der Waals surface area contributed by atoms with Gasteiger partial charge in [0.05, 0.1) is 28.9 Å². The van der Waals surface area contributed by atoms with Crippen LogP contribution < -0.4 is 10.6 Å². The Bertz CT molecular complexity index is 945. The highest BCUT2D eigenvalue weighted by atomic mass is 19.4. The van der Waals surface area contributed by atoms with E-state index in [0.29, 0.717) is 12.0 Å². The van der Waals surface area contributed by atoms with Gasteiger partial charge in [0.25, 0.3) is 0 Å². The Balaban J connectivity index is 1.82. The molecule has 4 rings (SSSR count). The van der Waals surface area contributed by atoms with Gasteiger partial charge in [-0.25, -0.2) is 0 Å². The number of rotatable bonds is 1. The van der Waals surface area contributed by atoms with E-state index in [-0.39, 0.29) is 11.2 Å². The minimum Gasteiger partial charge on any atom is -0.375 e. The Morgan fingerprint density at radius 2 is 1.64 bits per heavy atom. The van der Waals surface area contributed by atoms with E-state index in [1.165, 1.54) is 12.1 Å². The number of halogens is 3. The molecule has 28 heavy (non-hydrogen) atoms. The van der Waals surface area contributed by atoms with Gasteiger partial charge in [-0.3, -0.25) is 4.79 Å².